The molecule has 1 unspecified atom stereocenters. The number of hydrogen-bond acceptors (Lipinski definition) is 3. The Kier molecular flexibility index (Phi) is 4.55. The number of carbonyl (C=O) groups is 2. The van der Waals surface area contributed by atoms with Gasteiger partial charge in [0.1, 0.15) is 0 Å². The van der Waals surface area contributed by atoms with Crippen LogP contribution in [0.2, 0.25) is 0 Å². The normalized spacial score (nSPS) is 21.2. The monoisotopic (exact) mass is 214 g/mol. The molecule has 0 aromatic rings. The molecule has 0 aliphatic carbocycles. The number of aliphatic hydroxyl groups excluding tert-OH is 1. The van der Waals surface area contributed by atoms with Crippen molar-refractivity contribution in [3.05, 3.63) is 0 Å². The van der Waals surface area contributed by atoms with Gasteiger partial charge in [0.15, 0.2) is 0 Å². The van der Waals surface area contributed by atoms with E-state index in [-0.39, 0.29) is 13.2 Å². The standard InChI is InChI=1S/C10H18N2O3/c1-8-3-2-5-12(7-8)10(15)9(14)11-4-6-13/h8,13H,2-7H2,1H3,(H,11,14). The second-order valence-corrected chi connectivity index (χ2v) is 3.98. The Bertz CT molecular complexity index is 243. The summed E-state index contributed by atoms with van der Waals surface area (Å²) in [6.07, 6.45) is 2.07. The summed E-state index contributed by atoms with van der Waals surface area (Å²) in [7, 11) is 0. The molecule has 1 heterocycles. The third kappa shape index (κ3) is 3.51. The summed E-state index contributed by atoms with van der Waals surface area (Å²) < 4.78 is 0. The highest BCUT2D eigenvalue weighted by Gasteiger charge is 2.25. The average Bonchev–Trinajstić information content (AvgIpc) is 2.24. The van der Waals surface area contributed by atoms with Gasteiger partial charge in [0.05, 0.1) is 6.61 Å². The maximum Gasteiger partial charge on any atom is 0.311 e. The summed E-state index contributed by atoms with van der Waals surface area (Å²) in [5.74, 6) is -0.624. The van der Waals surface area contributed by atoms with Crippen LogP contribution in [0, 0.1) is 5.92 Å². The highest BCUT2D eigenvalue weighted by Crippen LogP contribution is 2.15. The van der Waals surface area contributed by atoms with E-state index in [0.29, 0.717) is 19.0 Å². The minimum Gasteiger partial charge on any atom is -0.395 e. The number of nitrogens with zero attached hydrogens (tertiary/aromatic N) is 1. The maximum absolute atomic E-state index is 11.6. The number of likely N-dealkylation sites (tertiary alicyclic amines) is 1. The second kappa shape index (κ2) is 5.70. The molecule has 1 aliphatic heterocycles. The van der Waals surface area contributed by atoms with Crippen LogP contribution in [0.5, 0.6) is 0 Å². The number of carbonyl (C=O) groups excluding carboxylic acids is 2. The summed E-state index contributed by atoms with van der Waals surface area (Å²) in [5, 5.41) is 10.9. The molecule has 0 bridgehead atoms. The Balaban J connectivity index is 2.41. The van der Waals surface area contributed by atoms with E-state index < -0.39 is 11.8 Å². The molecule has 15 heavy (non-hydrogen) atoms. The molecular formula is C10H18N2O3. The molecule has 0 aromatic heterocycles. The molecular weight excluding hydrogens is 196 g/mol. The molecule has 2 amide bonds. The third-order valence-corrected chi connectivity index (χ3v) is 2.54. The minimum atomic E-state index is -0.613. The minimum absolute atomic E-state index is 0.133. The number of nitrogens with one attached hydrogen (secondary N) is 1. The first kappa shape index (κ1) is 12.0. The van der Waals surface area contributed by atoms with Crippen molar-refractivity contribution in [3.63, 3.8) is 0 Å². The van der Waals surface area contributed by atoms with Crippen LogP contribution in [0.1, 0.15) is 19.8 Å². The van der Waals surface area contributed by atoms with Crippen LogP contribution < -0.4 is 5.32 Å². The van der Waals surface area contributed by atoms with E-state index in [4.69, 9.17) is 5.11 Å². The largest absolute Gasteiger partial charge is 0.395 e. The Morgan fingerprint density at radius 3 is 2.87 bits per heavy atom. The number of amides is 2. The maximum atomic E-state index is 11.6. The highest BCUT2D eigenvalue weighted by atomic mass is 16.3. The fourth-order valence-corrected chi connectivity index (χ4v) is 1.76. The van der Waals surface area contributed by atoms with Crippen LogP contribution in [0.4, 0.5) is 0 Å². The Labute approximate surface area is 89.4 Å². The molecule has 0 saturated carbocycles. The van der Waals surface area contributed by atoms with Crippen molar-refractivity contribution in [2.24, 2.45) is 5.92 Å². The number of hydrogen-bond donors (Lipinski definition) is 2. The third-order valence-electron chi connectivity index (χ3n) is 2.54. The molecule has 1 rings (SSSR count). The zero-order valence-electron chi connectivity index (χ0n) is 9.03. The second-order valence-electron chi connectivity index (χ2n) is 3.98. The van der Waals surface area contributed by atoms with Crippen LogP contribution in [0.3, 0.4) is 0 Å². The predicted molar refractivity (Wildman–Crippen MR) is 55.1 cm³/mol. The summed E-state index contributed by atoms with van der Waals surface area (Å²) in [6.45, 7) is 3.38. The van der Waals surface area contributed by atoms with Gasteiger partial charge in [-0.1, -0.05) is 6.92 Å². The lowest BCUT2D eigenvalue weighted by Crippen LogP contribution is -2.47. The first-order valence-corrected chi connectivity index (χ1v) is 5.33. The van der Waals surface area contributed by atoms with Crippen molar-refractivity contribution in [1.82, 2.24) is 10.2 Å². The van der Waals surface area contributed by atoms with Crippen molar-refractivity contribution in [3.8, 4) is 0 Å². The van der Waals surface area contributed by atoms with Crippen LogP contribution in [-0.4, -0.2) is 48.1 Å². The van der Waals surface area contributed by atoms with Gasteiger partial charge in [-0.05, 0) is 18.8 Å². The molecule has 0 spiro atoms. The predicted octanol–water partition coefficient (Wildman–Crippen LogP) is -0.647. The summed E-state index contributed by atoms with van der Waals surface area (Å²) in [4.78, 5) is 24.5. The van der Waals surface area contributed by atoms with Gasteiger partial charge in [-0.25, -0.2) is 0 Å². The highest BCUT2D eigenvalue weighted by molar-refractivity contribution is 6.35. The van der Waals surface area contributed by atoms with E-state index in [9.17, 15) is 9.59 Å². The first-order chi connectivity index (χ1) is 7.15. The van der Waals surface area contributed by atoms with E-state index in [1.807, 2.05) is 0 Å². The molecule has 0 aromatic carbocycles. The van der Waals surface area contributed by atoms with Gasteiger partial charge in [0.2, 0.25) is 0 Å². The zero-order valence-corrected chi connectivity index (χ0v) is 9.03. The van der Waals surface area contributed by atoms with Gasteiger partial charge in [0.25, 0.3) is 0 Å². The lowest BCUT2D eigenvalue weighted by atomic mass is 10.0. The molecule has 0 radical (unpaired) electrons. The van der Waals surface area contributed by atoms with Gasteiger partial charge < -0.3 is 15.3 Å². The summed E-state index contributed by atoms with van der Waals surface area (Å²) in [5.41, 5.74) is 0. The summed E-state index contributed by atoms with van der Waals surface area (Å²) in [6, 6.07) is 0. The first-order valence-electron chi connectivity index (χ1n) is 5.33. The fourth-order valence-electron chi connectivity index (χ4n) is 1.76. The van der Waals surface area contributed by atoms with E-state index >= 15 is 0 Å². The lowest BCUT2D eigenvalue weighted by molar-refractivity contribution is -0.147. The quantitative estimate of drug-likeness (QED) is 0.600. The summed E-state index contributed by atoms with van der Waals surface area (Å²) >= 11 is 0. The lowest BCUT2D eigenvalue weighted by Gasteiger charge is -2.30. The van der Waals surface area contributed by atoms with Gasteiger partial charge in [-0.15, -0.1) is 0 Å². The van der Waals surface area contributed by atoms with Crippen LogP contribution >= 0.6 is 0 Å². The molecule has 1 saturated heterocycles. The van der Waals surface area contributed by atoms with E-state index in [0.717, 1.165) is 12.8 Å². The smallest absolute Gasteiger partial charge is 0.311 e. The van der Waals surface area contributed by atoms with E-state index in [1.165, 1.54) is 0 Å². The molecule has 5 heteroatoms. The van der Waals surface area contributed by atoms with Crippen molar-refractivity contribution >= 4 is 11.8 Å². The molecule has 5 nitrogen and oxygen atoms in total. The molecule has 1 aliphatic rings. The molecule has 1 fully saturated rings. The van der Waals surface area contributed by atoms with Gasteiger partial charge >= 0.3 is 11.8 Å². The van der Waals surface area contributed by atoms with E-state index in [1.54, 1.807) is 4.90 Å². The SMILES string of the molecule is CC1CCCN(C(=O)C(=O)NCCO)C1. The van der Waals surface area contributed by atoms with Gasteiger partial charge in [-0.2, -0.15) is 0 Å². The van der Waals surface area contributed by atoms with Crippen LogP contribution in [0.15, 0.2) is 0 Å². The topological polar surface area (TPSA) is 69.6 Å². The van der Waals surface area contributed by atoms with Crippen LogP contribution in [0.25, 0.3) is 0 Å². The molecule has 86 valence electrons. The molecule has 2 N–H and O–H groups in total. The Hall–Kier alpha value is -1.10. The molecule has 1 atom stereocenters. The number of aliphatic hydroxyl groups is 1. The van der Waals surface area contributed by atoms with Crippen molar-refractivity contribution in [2.45, 2.75) is 19.8 Å². The average molecular weight is 214 g/mol. The fraction of sp³-hybridized carbons (Fsp3) is 0.800. The van der Waals surface area contributed by atoms with Crippen LogP contribution in [-0.2, 0) is 9.59 Å². The van der Waals surface area contributed by atoms with Gasteiger partial charge in [0, 0.05) is 19.6 Å². The number of rotatable bonds is 2. The Morgan fingerprint density at radius 1 is 1.53 bits per heavy atom. The Morgan fingerprint density at radius 2 is 2.27 bits per heavy atom. The number of piperidine rings is 1. The van der Waals surface area contributed by atoms with Crippen molar-refractivity contribution in [2.75, 3.05) is 26.2 Å². The van der Waals surface area contributed by atoms with Crippen molar-refractivity contribution in [1.29, 1.82) is 0 Å². The van der Waals surface area contributed by atoms with Crippen molar-refractivity contribution < 1.29 is 14.7 Å². The zero-order chi connectivity index (χ0) is 11.3. The van der Waals surface area contributed by atoms with Gasteiger partial charge in [-0.3, -0.25) is 9.59 Å². The van der Waals surface area contributed by atoms with E-state index in [2.05, 4.69) is 12.2 Å².